The van der Waals surface area contributed by atoms with Crippen LogP contribution in [0, 0.1) is 17.2 Å². The first-order valence-corrected chi connectivity index (χ1v) is 7.48. The van der Waals surface area contributed by atoms with Crippen molar-refractivity contribution in [1.82, 2.24) is 0 Å². The lowest BCUT2D eigenvalue weighted by Crippen LogP contribution is -2.28. The van der Waals surface area contributed by atoms with Gasteiger partial charge in [-0.2, -0.15) is 5.26 Å². The quantitative estimate of drug-likeness (QED) is 0.427. The largest absolute Gasteiger partial charge is 0.496 e. The molecule has 1 N–H and O–H groups in total. The van der Waals surface area contributed by atoms with Crippen molar-refractivity contribution < 1.29 is 14.6 Å². The Morgan fingerprint density at radius 1 is 1.50 bits per heavy atom. The fraction of sp³-hybridized carbons (Fsp3) is 0.263. The zero-order valence-electron chi connectivity index (χ0n) is 14.0. The first kappa shape index (κ1) is 19.0. The number of aliphatic carboxylic acids is 1. The van der Waals surface area contributed by atoms with Crippen LogP contribution in [0.5, 0.6) is 5.75 Å². The average Bonchev–Trinajstić information content (AvgIpc) is 2.58. The number of methoxy groups -OCH3 is 1. The zero-order chi connectivity index (χ0) is 18.1. The molecule has 0 aliphatic heterocycles. The molecule has 0 aliphatic carbocycles. The molecule has 0 saturated carbocycles. The molecule has 0 aromatic heterocycles. The van der Waals surface area contributed by atoms with Gasteiger partial charge in [0.1, 0.15) is 17.4 Å². The highest BCUT2D eigenvalue weighted by Gasteiger charge is 2.13. The highest BCUT2D eigenvalue weighted by molar-refractivity contribution is 5.97. The summed E-state index contributed by atoms with van der Waals surface area (Å²) in [6.45, 7) is 11.1. The number of nitrogens with zero attached hydrogens (tertiary/aromatic N) is 2. The molecule has 1 aromatic rings. The number of carboxylic acid groups (broad SMARTS) is 1. The predicted molar refractivity (Wildman–Crippen MR) is 96.0 cm³/mol. The normalized spacial score (nSPS) is 12.0. The van der Waals surface area contributed by atoms with Gasteiger partial charge in [0.15, 0.2) is 0 Å². The van der Waals surface area contributed by atoms with Crippen molar-refractivity contribution >= 4 is 17.7 Å². The Bertz CT molecular complexity index is 686. The molecule has 0 heterocycles. The van der Waals surface area contributed by atoms with E-state index in [1.807, 2.05) is 24.3 Å². The van der Waals surface area contributed by atoms with Crippen molar-refractivity contribution in [2.24, 2.45) is 5.92 Å². The fourth-order valence-electron chi connectivity index (χ4n) is 2.18. The van der Waals surface area contributed by atoms with E-state index < -0.39 is 5.97 Å². The van der Waals surface area contributed by atoms with E-state index in [4.69, 9.17) is 15.1 Å². The van der Waals surface area contributed by atoms with Crippen LogP contribution in [0.3, 0.4) is 0 Å². The minimum atomic E-state index is -1.27. The number of carboxylic acids is 1. The Morgan fingerprint density at radius 2 is 2.21 bits per heavy atom. The van der Waals surface area contributed by atoms with Gasteiger partial charge in [0.25, 0.3) is 0 Å². The van der Waals surface area contributed by atoms with Gasteiger partial charge < -0.3 is 14.7 Å². The summed E-state index contributed by atoms with van der Waals surface area (Å²) in [4.78, 5) is 13.1. The van der Waals surface area contributed by atoms with Gasteiger partial charge in [-0.1, -0.05) is 19.1 Å². The summed E-state index contributed by atoms with van der Waals surface area (Å²) >= 11 is 0. The maximum absolute atomic E-state index is 11.0. The smallest absolute Gasteiger partial charge is 0.346 e. The molecule has 0 fully saturated rings. The maximum Gasteiger partial charge on any atom is 0.346 e. The molecule has 0 radical (unpaired) electrons. The molecule has 0 bridgehead atoms. The van der Waals surface area contributed by atoms with Crippen LogP contribution in [0.4, 0.5) is 5.69 Å². The van der Waals surface area contributed by atoms with Crippen LogP contribution in [0.15, 0.2) is 49.1 Å². The summed E-state index contributed by atoms with van der Waals surface area (Å²) < 4.78 is 5.35. The van der Waals surface area contributed by atoms with Crippen LogP contribution >= 0.6 is 0 Å². The molecular formula is C19H22N2O3. The lowest BCUT2D eigenvalue weighted by molar-refractivity contribution is -0.132. The lowest BCUT2D eigenvalue weighted by Gasteiger charge is -2.26. The van der Waals surface area contributed by atoms with Crippen LogP contribution in [0.1, 0.15) is 12.5 Å². The molecule has 0 saturated heterocycles. The third-order valence-electron chi connectivity index (χ3n) is 3.49. The molecule has 126 valence electrons. The fourth-order valence-corrected chi connectivity index (χ4v) is 2.18. The summed E-state index contributed by atoms with van der Waals surface area (Å²) in [5, 5.41) is 17.9. The molecule has 1 rings (SSSR count). The summed E-state index contributed by atoms with van der Waals surface area (Å²) in [6.07, 6.45) is 5.00. The van der Waals surface area contributed by atoms with Crippen molar-refractivity contribution in [3.63, 3.8) is 0 Å². The Hall–Kier alpha value is -3.00. The number of benzene rings is 1. The minimum Gasteiger partial charge on any atom is -0.496 e. The molecular weight excluding hydrogens is 304 g/mol. The first-order valence-electron chi connectivity index (χ1n) is 7.48. The van der Waals surface area contributed by atoms with Crippen molar-refractivity contribution in [3.8, 4) is 11.8 Å². The molecule has 5 nitrogen and oxygen atoms in total. The summed E-state index contributed by atoms with van der Waals surface area (Å²) in [6, 6.07) is 7.09. The Labute approximate surface area is 142 Å². The molecule has 24 heavy (non-hydrogen) atoms. The van der Waals surface area contributed by atoms with Crippen LogP contribution in [0.2, 0.25) is 0 Å². The van der Waals surface area contributed by atoms with E-state index in [0.717, 1.165) is 12.2 Å². The molecule has 1 aromatic carbocycles. The van der Waals surface area contributed by atoms with Crippen LogP contribution in [-0.2, 0) is 4.79 Å². The molecule has 0 amide bonds. The zero-order valence-corrected chi connectivity index (χ0v) is 14.0. The third kappa shape index (κ3) is 5.03. The standard InChI is InChI=1S/C19H22N2O3/c1-5-9-21(13-14(3)6-2)17-8-7-15(18(11-17)24-4)10-16(12-20)19(22)23/h5-8,10-11,14H,1-2,9,13H2,3-4H3,(H,22,23). The average molecular weight is 326 g/mol. The van der Waals surface area contributed by atoms with Crippen LogP contribution in [0.25, 0.3) is 6.08 Å². The summed E-state index contributed by atoms with van der Waals surface area (Å²) in [7, 11) is 1.51. The van der Waals surface area contributed by atoms with E-state index in [-0.39, 0.29) is 5.57 Å². The van der Waals surface area contributed by atoms with Crippen molar-refractivity contribution in [3.05, 3.63) is 54.6 Å². The van der Waals surface area contributed by atoms with Gasteiger partial charge in [0.2, 0.25) is 0 Å². The van der Waals surface area contributed by atoms with E-state index in [1.54, 1.807) is 12.1 Å². The summed E-state index contributed by atoms with van der Waals surface area (Å²) in [5.74, 6) is -0.466. The second-order valence-corrected chi connectivity index (χ2v) is 5.31. The Morgan fingerprint density at radius 3 is 2.71 bits per heavy atom. The number of hydrogen-bond donors (Lipinski definition) is 1. The number of ether oxygens (including phenoxy) is 1. The Balaban J connectivity index is 3.25. The molecule has 0 spiro atoms. The topological polar surface area (TPSA) is 73.6 Å². The van der Waals surface area contributed by atoms with Crippen LogP contribution < -0.4 is 9.64 Å². The number of nitriles is 1. The van der Waals surface area contributed by atoms with Gasteiger partial charge in [-0.25, -0.2) is 4.79 Å². The third-order valence-corrected chi connectivity index (χ3v) is 3.49. The van der Waals surface area contributed by atoms with Crippen molar-refractivity contribution in [1.29, 1.82) is 5.26 Å². The minimum absolute atomic E-state index is 0.299. The monoisotopic (exact) mass is 326 g/mol. The van der Waals surface area contributed by atoms with E-state index in [2.05, 4.69) is 25.0 Å². The number of rotatable bonds is 9. The van der Waals surface area contributed by atoms with E-state index >= 15 is 0 Å². The lowest BCUT2D eigenvalue weighted by atomic mass is 10.1. The van der Waals surface area contributed by atoms with E-state index in [0.29, 0.717) is 23.8 Å². The molecule has 1 unspecified atom stereocenters. The molecule has 1 atom stereocenters. The molecule has 0 aliphatic rings. The number of carbonyl (C=O) groups is 1. The van der Waals surface area contributed by atoms with Gasteiger partial charge in [-0.05, 0) is 24.1 Å². The van der Waals surface area contributed by atoms with Crippen LogP contribution in [-0.4, -0.2) is 31.3 Å². The van der Waals surface area contributed by atoms with E-state index in [9.17, 15) is 4.79 Å². The van der Waals surface area contributed by atoms with E-state index in [1.165, 1.54) is 13.2 Å². The van der Waals surface area contributed by atoms with Gasteiger partial charge >= 0.3 is 5.97 Å². The molecule has 5 heteroatoms. The number of hydrogen-bond acceptors (Lipinski definition) is 4. The van der Waals surface area contributed by atoms with Gasteiger partial charge in [-0.3, -0.25) is 0 Å². The predicted octanol–water partition coefficient (Wildman–Crippen LogP) is 3.50. The Kier molecular flexibility index (Phi) is 7.31. The summed E-state index contributed by atoms with van der Waals surface area (Å²) in [5.41, 5.74) is 1.12. The second-order valence-electron chi connectivity index (χ2n) is 5.31. The van der Waals surface area contributed by atoms with Gasteiger partial charge in [0.05, 0.1) is 7.11 Å². The van der Waals surface area contributed by atoms with Crippen molar-refractivity contribution in [2.45, 2.75) is 6.92 Å². The van der Waals surface area contributed by atoms with Crippen molar-refractivity contribution in [2.75, 3.05) is 25.1 Å². The first-order chi connectivity index (χ1) is 11.5. The van der Waals surface area contributed by atoms with Gasteiger partial charge in [0, 0.05) is 30.4 Å². The maximum atomic E-state index is 11.0. The second kappa shape index (κ2) is 9.21. The SMILES string of the molecule is C=CCN(CC(C)C=C)c1ccc(C=C(C#N)C(=O)O)c(OC)c1. The highest BCUT2D eigenvalue weighted by atomic mass is 16.5. The number of anilines is 1. The van der Waals surface area contributed by atoms with Gasteiger partial charge in [-0.15, -0.1) is 13.2 Å². The highest BCUT2D eigenvalue weighted by Crippen LogP contribution is 2.28.